The van der Waals surface area contributed by atoms with Gasteiger partial charge in [-0.2, -0.15) is 0 Å². The highest BCUT2D eigenvalue weighted by molar-refractivity contribution is 5.83. The van der Waals surface area contributed by atoms with Gasteiger partial charge in [0.1, 0.15) is 6.04 Å². The average Bonchev–Trinajstić information content (AvgIpc) is 2.14. The molecule has 16 heavy (non-hydrogen) atoms. The summed E-state index contributed by atoms with van der Waals surface area (Å²) in [5.74, 6) is -0.568. The van der Waals surface area contributed by atoms with Crippen LogP contribution in [0.15, 0.2) is 0 Å². The molecule has 1 unspecified atom stereocenters. The molecule has 1 amide bonds. The maximum absolute atomic E-state index is 11.5. The van der Waals surface area contributed by atoms with E-state index in [0.29, 0.717) is 18.8 Å². The number of aliphatic carboxylic acids is 1. The molecule has 4 heteroatoms. The predicted molar refractivity (Wildman–Crippen MR) is 63.1 cm³/mol. The quantitative estimate of drug-likeness (QED) is 0.702. The van der Waals surface area contributed by atoms with E-state index in [9.17, 15) is 9.59 Å². The predicted octanol–water partition coefficient (Wildman–Crippen LogP) is 2.04. The molecule has 0 saturated heterocycles. The molecule has 0 saturated carbocycles. The number of carboxylic acid groups (broad SMARTS) is 1. The minimum absolute atomic E-state index is 0.175. The Labute approximate surface area is 97.4 Å². The fourth-order valence-corrected chi connectivity index (χ4v) is 1.41. The van der Waals surface area contributed by atoms with Crippen LogP contribution in [0.2, 0.25) is 0 Å². The largest absolute Gasteiger partial charge is 0.480 e. The number of carboxylic acids is 1. The van der Waals surface area contributed by atoms with Crippen LogP contribution in [0.25, 0.3) is 0 Å². The minimum Gasteiger partial charge on any atom is -0.480 e. The summed E-state index contributed by atoms with van der Waals surface area (Å²) in [4.78, 5) is 22.4. The van der Waals surface area contributed by atoms with Crippen LogP contribution in [-0.2, 0) is 9.59 Å². The average molecular weight is 229 g/mol. The van der Waals surface area contributed by atoms with Gasteiger partial charge in [0.15, 0.2) is 0 Å². The third kappa shape index (κ3) is 6.43. The van der Waals surface area contributed by atoms with Crippen LogP contribution in [0.4, 0.5) is 0 Å². The zero-order valence-corrected chi connectivity index (χ0v) is 10.6. The molecule has 0 aromatic carbocycles. The molecule has 0 radical (unpaired) electrons. The van der Waals surface area contributed by atoms with Crippen LogP contribution in [0.3, 0.4) is 0 Å². The van der Waals surface area contributed by atoms with E-state index < -0.39 is 12.0 Å². The van der Waals surface area contributed by atoms with E-state index in [1.165, 1.54) is 0 Å². The Morgan fingerprint density at radius 3 is 2.19 bits per heavy atom. The topological polar surface area (TPSA) is 66.4 Å². The Balaban J connectivity index is 4.23. The van der Waals surface area contributed by atoms with E-state index in [1.54, 1.807) is 0 Å². The lowest BCUT2D eigenvalue weighted by Crippen LogP contribution is -2.42. The van der Waals surface area contributed by atoms with Gasteiger partial charge in [-0.1, -0.05) is 34.1 Å². The minimum atomic E-state index is -0.947. The van der Waals surface area contributed by atoms with Crippen LogP contribution in [0, 0.1) is 11.8 Å². The Morgan fingerprint density at radius 2 is 1.81 bits per heavy atom. The second-order valence-corrected chi connectivity index (χ2v) is 4.81. The monoisotopic (exact) mass is 229 g/mol. The number of hydrogen-bond acceptors (Lipinski definition) is 2. The van der Waals surface area contributed by atoms with Crippen molar-refractivity contribution in [2.24, 2.45) is 11.8 Å². The molecule has 0 aliphatic rings. The maximum atomic E-state index is 11.5. The summed E-state index contributed by atoms with van der Waals surface area (Å²) in [5, 5.41) is 11.6. The molecular formula is C12H23NO3. The molecule has 4 nitrogen and oxygen atoms in total. The molecule has 2 N–H and O–H groups in total. The van der Waals surface area contributed by atoms with Crippen molar-refractivity contribution in [2.45, 2.75) is 53.0 Å². The molecule has 94 valence electrons. The van der Waals surface area contributed by atoms with Crippen LogP contribution in [0.1, 0.15) is 47.0 Å². The van der Waals surface area contributed by atoms with Crippen molar-refractivity contribution in [3.63, 3.8) is 0 Å². The van der Waals surface area contributed by atoms with E-state index in [2.05, 4.69) is 5.32 Å². The molecule has 2 atom stereocenters. The molecule has 0 aliphatic carbocycles. The maximum Gasteiger partial charge on any atom is 0.326 e. The highest BCUT2D eigenvalue weighted by Gasteiger charge is 2.21. The second kappa shape index (κ2) is 7.25. The van der Waals surface area contributed by atoms with Crippen molar-refractivity contribution in [1.82, 2.24) is 5.32 Å². The van der Waals surface area contributed by atoms with E-state index in [0.717, 1.165) is 6.42 Å². The molecule has 0 fully saturated rings. The highest BCUT2D eigenvalue weighted by Crippen LogP contribution is 2.10. The lowest BCUT2D eigenvalue weighted by molar-refractivity contribution is -0.142. The van der Waals surface area contributed by atoms with Crippen LogP contribution in [0.5, 0.6) is 0 Å². The van der Waals surface area contributed by atoms with Crippen molar-refractivity contribution >= 4 is 11.9 Å². The molecule has 0 aromatic rings. The summed E-state index contributed by atoms with van der Waals surface area (Å²) in [6.07, 6.45) is 1.80. The van der Waals surface area contributed by atoms with Gasteiger partial charge in [-0.05, 0) is 18.3 Å². The van der Waals surface area contributed by atoms with Crippen LogP contribution < -0.4 is 5.32 Å². The van der Waals surface area contributed by atoms with Gasteiger partial charge in [-0.25, -0.2) is 4.79 Å². The third-order valence-corrected chi connectivity index (χ3v) is 2.56. The normalized spacial score (nSPS) is 14.6. The Bertz CT molecular complexity index is 238. The summed E-state index contributed by atoms with van der Waals surface area (Å²) in [7, 11) is 0. The third-order valence-electron chi connectivity index (χ3n) is 2.56. The number of carbonyl (C=O) groups is 2. The van der Waals surface area contributed by atoms with Gasteiger partial charge in [0, 0.05) is 6.42 Å². The van der Waals surface area contributed by atoms with E-state index >= 15 is 0 Å². The van der Waals surface area contributed by atoms with E-state index in [-0.39, 0.29) is 11.8 Å². The fraction of sp³-hybridized carbons (Fsp3) is 0.833. The number of hydrogen-bond donors (Lipinski definition) is 2. The zero-order chi connectivity index (χ0) is 12.7. The van der Waals surface area contributed by atoms with Gasteiger partial charge in [-0.15, -0.1) is 0 Å². The van der Waals surface area contributed by atoms with E-state index in [1.807, 2.05) is 27.7 Å². The number of carbonyl (C=O) groups excluding carboxylic acids is 1. The molecule has 0 spiro atoms. The molecular weight excluding hydrogens is 206 g/mol. The summed E-state index contributed by atoms with van der Waals surface area (Å²) < 4.78 is 0. The first-order chi connectivity index (χ1) is 7.36. The van der Waals surface area contributed by atoms with Gasteiger partial charge in [0.2, 0.25) is 5.91 Å². The van der Waals surface area contributed by atoms with Gasteiger partial charge >= 0.3 is 5.97 Å². The van der Waals surface area contributed by atoms with Gasteiger partial charge in [0.05, 0.1) is 0 Å². The SMILES string of the molecule is CCC(C)C[C@H](NC(=O)CC(C)C)C(=O)O. The molecule has 0 heterocycles. The van der Waals surface area contributed by atoms with Gasteiger partial charge in [0.25, 0.3) is 0 Å². The highest BCUT2D eigenvalue weighted by atomic mass is 16.4. The fourth-order valence-electron chi connectivity index (χ4n) is 1.41. The Kier molecular flexibility index (Phi) is 6.77. The standard InChI is InChI=1S/C12H23NO3/c1-5-9(4)7-10(12(15)16)13-11(14)6-8(2)3/h8-10H,5-7H2,1-4H3,(H,13,14)(H,15,16)/t9?,10-/m0/s1. The zero-order valence-electron chi connectivity index (χ0n) is 10.6. The molecule has 0 bridgehead atoms. The summed E-state index contributed by atoms with van der Waals surface area (Å²) >= 11 is 0. The smallest absolute Gasteiger partial charge is 0.326 e. The molecule has 0 aliphatic heterocycles. The lowest BCUT2D eigenvalue weighted by Gasteiger charge is -2.18. The first-order valence-corrected chi connectivity index (χ1v) is 5.88. The molecule has 0 aromatic heterocycles. The summed E-state index contributed by atoms with van der Waals surface area (Å²) in [5.41, 5.74) is 0. The number of rotatable bonds is 7. The summed E-state index contributed by atoms with van der Waals surface area (Å²) in [6.45, 7) is 7.87. The Morgan fingerprint density at radius 1 is 1.25 bits per heavy atom. The first kappa shape index (κ1) is 14.9. The van der Waals surface area contributed by atoms with Crippen molar-refractivity contribution in [3.8, 4) is 0 Å². The van der Waals surface area contributed by atoms with E-state index in [4.69, 9.17) is 5.11 Å². The second-order valence-electron chi connectivity index (χ2n) is 4.81. The number of nitrogens with one attached hydrogen (secondary N) is 1. The van der Waals surface area contributed by atoms with Crippen LogP contribution in [-0.4, -0.2) is 23.0 Å². The van der Waals surface area contributed by atoms with Crippen molar-refractivity contribution in [2.75, 3.05) is 0 Å². The summed E-state index contributed by atoms with van der Waals surface area (Å²) in [6, 6.07) is -0.749. The number of amides is 1. The lowest BCUT2D eigenvalue weighted by atomic mass is 9.99. The van der Waals surface area contributed by atoms with Crippen molar-refractivity contribution < 1.29 is 14.7 Å². The first-order valence-electron chi connectivity index (χ1n) is 5.88. The molecule has 0 rings (SSSR count). The van der Waals surface area contributed by atoms with Crippen molar-refractivity contribution in [3.05, 3.63) is 0 Å². The van der Waals surface area contributed by atoms with Gasteiger partial charge in [-0.3, -0.25) is 4.79 Å². The Hall–Kier alpha value is -1.06. The van der Waals surface area contributed by atoms with Gasteiger partial charge < -0.3 is 10.4 Å². The van der Waals surface area contributed by atoms with Crippen molar-refractivity contribution in [1.29, 1.82) is 0 Å². The van der Waals surface area contributed by atoms with Crippen LogP contribution >= 0.6 is 0 Å².